The number of nitrogen functional groups attached to an aromatic ring is 1. The molecule has 1 saturated heterocycles. The van der Waals surface area contributed by atoms with Crippen molar-refractivity contribution in [3.05, 3.63) is 12.0 Å². The summed E-state index contributed by atoms with van der Waals surface area (Å²) in [6.07, 6.45) is 1.11. The molecule has 0 amide bonds. The number of aliphatic hydroxyl groups excluding tert-OH is 1. The van der Waals surface area contributed by atoms with Gasteiger partial charge >= 0.3 is 0 Å². The first-order valence-electron chi connectivity index (χ1n) is 5.82. The lowest BCUT2D eigenvalue weighted by molar-refractivity contribution is 0.188. The molecule has 0 bridgehead atoms. The maximum absolute atomic E-state index is 13.6. The Balaban J connectivity index is 2.04. The Bertz CT molecular complexity index is 396. The second-order valence-corrected chi connectivity index (χ2v) is 4.06. The van der Waals surface area contributed by atoms with Crippen molar-refractivity contribution >= 4 is 11.8 Å². The predicted octanol–water partition coefficient (Wildman–Crippen LogP) is -0.984. The lowest BCUT2D eigenvalue weighted by atomic mass is 10.3. The van der Waals surface area contributed by atoms with Crippen molar-refractivity contribution in [1.82, 2.24) is 14.9 Å². The molecule has 1 fully saturated rings. The van der Waals surface area contributed by atoms with Crippen LogP contribution in [0.3, 0.4) is 0 Å². The van der Waals surface area contributed by atoms with Gasteiger partial charge in [0.15, 0.2) is 11.6 Å². The van der Waals surface area contributed by atoms with Crippen LogP contribution in [0.2, 0.25) is 0 Å². The molecule has 0 atom stereocenters. The van der Waals surface area contributed by atoms with E-state index in [0.717, 1.165) is 19.3 Å². The van der Waals surface area contributed by atoms with Crippen LogP contribution in [0.5, 0.6) is 0 Å². The first kappa shape index (κ1) is 12.9. The number of halogens is 1. The van der Waals surface area contributed by atoms with Crippen LogP contribution in [-0.4, -0.2) is 59.3 Å². The second-order valence-electron chi connectivity index (χ2n) is 4.06. The monoisotopic (exact) mass is 256 g/mol. The quantitative estimate of drug-likeness (QED) is 0.471. The Labute approximate surface area is 104 Å². The van der Waals surface area contributed by atoms with Crippen molar-refractivity contribution in [2.75, 3.05) is 49.7 Å². The van der Waals surface area contributed by atoms with Crippen LogP contribution >= 0.6 is 0 Å². The van der Waals surface area contributed by atoms with Gasteiger partial charge in [-0.25, -0.2) is 15.2 Å². The molecular formula is C10H17FN6O. The summed E-state index contributed by atoms with van der Waals surface area (Å²) in [4.78, 5) is 11.7. The van der Waals surface area contributed by atoms with E-state index in [2.05, 4.69) is 20.3 Å². The molecule has 0 spiro atoms. The van der Waals surface area contributed by atoms with Gasteiger partial charge in [0.1, 0.15) is 0 Å². The zero-order valence-electron chi connectivity index (χ0n) is 10.0. The largest absolute Gasteiger partial charge is 0.395 e. The molecule has 0 aromatic carbocycles. The molecule has 1 aromatic heterocycles. The minimum absolute atomic E-state index is 0.142. The number of β-amino-alcohol motifs (C(OH)–C–C–N with tert-alkyl or cyclic N) is 1. The number of aliphatic hydroxyl groups is 1. The van der Waals surface area contributed by atoms with Crippen molar-refractivity contribution in [2.24, 2.45) is 5.84 Å². The van der Waals surface area contributed by atoms with Gasteiger partial charge in [0.2, 0.25) is 5.95 Å². The summed E-state index contributed by atoms with van der Waals surface area (Å²) in [7, 11) is 0. The van der Waals surface area contributed by atoms with Crippen molar-refractivity contribution < 1.29 is 9.50 Å². The summed E-state index contributed by atoms with van der Waals surface area (Å²) in [5.41, 5.74) is 2.30. The third-order valence-electron chi connectivity index (χ3n) is 2.94. The minimum atomic E-state index is -0.454. The molecule has 1 aromatic rings. The van der Waals surface area contributed by atoms with Crippen LogP contribution in [0, 0.1) is 5.82 Å². The van der Waals surface area contributed by atoms with E-state index in [-0.39, 0.29) is 18.4 Å². The number of anilines is 2. The van der Waals surface area contributed by atoms with Crippen LogP contribution < -0.4 is 16.2 Å². The number of hydrazine groups is 1. The van der Waals surface area contributed by atoms with Gasteiger partial charge in [-0.3, -0.25) is 10.3 Å². The SMILES string of the molecule is NNc1ncc(F)c(N2CCN(CCO)CC2)n1. The van der Waals surface area contributed by atoms with Crippen LogP contribution in [0.15, 0.2) is 6.20 Å². The average molecular weight is 256 g/mol. The fraction of sp³-hybridized carbons (Fsp3) is 0.600. The van der Waals surface area contributed by atoms with Crippen molar-refractivity contribution in [2.45, 2.75) is 0 Å². The van der Waals surface area contributed by atoms with Gasteiger partial charge in [-0.1, -0.05) is 0 Å². The Morgan fingerprint density at radius 1 is 1.39 bits per heavy atom. The van der Waals surface area contributed by atoms with Crippen LogP contribution in [0.4, 0.5) is 16.2 Å². The zero-order chi connectivity index (χ0) is 13.0. The fourth-order valence-corrected chi connectivity index (χ4v) is 1.97. The first-order chi connectivity index (χ1) is 8.74. The maximum Gasteiger partial charge on any atom is 0.239 e. The highest BCUT2D eigenvalue weighted by Gasteiger charge is 2.20. The van der Waals surface area contributed by atoms with Gasteiger partial charge in [0, 0.05) is 32.7 Å². The van der Waals surface area contributed by atoms with Gasteiger partial charge in [-0.05, 0) is 0 Å². The predicted molar refractivity (Wildman–Crippen MR) is 65.5 cm³/mol. The Morgan fingerprint density at radius 3 is 2.72 bits per heavy atom. The van der Waals surface area contributed by atoms with E-state index in [4.69, 9.17) is 10.9 Å². The van der Waals surface area contributed by atoms with Crippen molar-refractivity contribution in [3.63, 3.8) is 0 Å². The molecule has 8 heteroatoms. The summed E-state index contributed by atoms with van der Waals surface area (Å²) in [6, 6.07) is 0. The standard InChI is InChI=1S/C10H17FN6O/c11-8-7-13-10(15-12)14-9(8)17-3-1-16(2-4-17)5-6-18/h7,18H,1-6,12H2,(H,13,14,15). The number of piperazine rings is 1. The van der Waals surface area contributed by atoms with E-state index in [0.29, 0.717) is 19.6 Å². The summed E-state index contributed by atoms with van der Waals surface area (Å²) < 4.78 is 13.6. The van der Waals surface area contributed by atoms with E-state index >= 15 is 0 Å². The minimum Gasteiger partial charge on any atom is -0.395 e. The number of hydrogen-bond donors (Lipinski definition) is 3. The van der Waals surface area contributed by atoms with Crippen molar-refractivity contribution in [1.29, 1.82) is 0 Å². The highest BCUT2D eigenvalue weighted by Crippen LogP contribution is 2.18. The normalized spacial score (nSPS) is 16.9. The number of hydrogen-bond acceptors (Lipinski definition) is 7. The van der Waals surface area contributed by atoms with E-state index < -0.39 is 5.82 Å². The molecule has 7 nitrogen and oxygen atoms in total. The van der Waals surface area contributed by atoms with Gasteiger partial charge in [0.25, 0.3) is 0 Å². The smallest absolute Gasteiger partial charge is 0.239 e. The fourth-order valence-electron chi connectivity index (χ4n) is 1.97. The number of rotatable bonds is 4. The molecular weight excluding hydrogens is 239 g/mol. The molecule has 2 rings (SSSR count). The van der Waals surface area contributed by atoms with Gasteiger partial charge in [-0.2, -0.15) is 4.98 Å². The highest BCUT2D eigenvalue weighted by atomic mass is 19.1. The zero-order valence-corrected chi connectivity index (χ0v) is 10.0. The van der Waals surface area contributed by atoms with Crippen LogP contribution in [-0.2, 0) is 0 Å². The third-order valence-corrected chi connectivity index (χ3v) is 2.94. The Kier molecular flexibility index (Phi) is 4.24. The molecule has 100 valence electrons. The van der Waals surface area contributed by atoms with Gasteiger partial charge in [0.05, 0.1) is 12.8 Å². The first-order valence-corrected chi connectivity index (χ1v) is 5.82. The summed E-state index contributed by atoms with van der Waals surface area (Å²) >= 11 is 0. The lowest BCUT2D eigenvalue weighted by Crippen LogP contribution is -2.47. The molecule has 4 N–H and O–H groups in total. The molecule has 18 heavy (non-hydrogen) atoms. The average Bonchev–Trinajstić information content (AvgIpc) is 2.41. The molecule has 1 aliphatic heterocycles. The van der Waals surface area contributed by atoms with Crippen LogP contribution in [0.1, 0.15) is 0 Å². The third kappa shape index (κ3) is 2.84. The van der Waals surface area contributed by atoms with Gasteiger partial charge in [-0.15, -0.1) is 0 Å². The molecule has 1 aliphatic rings. The summed E-state index contributed by atoms with van der Waals surface area (Å²) in [5, 5.41) is 8.86. The topological polar surface area (TPSA) is 90.5 Å². The maximum atomic E-state index is 13.6. The van der Waals surface area contributed by atoms with Gasteiger partial charge < -0.3 is 10.0 Å². The van der Waals surface area contributed by atoms with E-state index in [1.807, 2.05) is 4.90 Å². The molecule has 0 radical (unpaired) electrons. The van der Waals surface area contributed by atoms with E-state index in [9.17, 15) is 4.39 Å². The second kappa shape index (κ2) is 5.89. The summed E-state index contributed by atoms with van der Waals surface area (Å²) in [6.45, 7) is 3.67. The van der Waals surface area contributed by atoms with E-state index in [1.54, 1.807) is 0 Å². The van der Waals surface area contributed by atoms with Crippen LogP contribution in [0.25, 0.3) is 0 Å². The number of nitrogens with one attached hydrogen (secondary N) is 1. The number of nitrogens with zero attached hydrogens (tertiary/aromatic N) is 4. The molecule has 0 aliphatic carbocycles. The molecule has 0 saturated carbocycles. The lowest BCUT2D eigenvalue weighted by Gasteiger charge is -2.35. The number of aromatic nitrogens is 2. The number of nitrogens with two attached hydrogens (primary N) is 1. The van der Waals surface area contributed by atoms with Crippen molar-refractivity contribution in [3.8, 4) is 0 Å². The highest BCUT2D eigenvalue weighted by molar-refractivity contribution is 5.44. The Hall–Kier alpha value is -1.51. The Morgan fingerprint density at radius 2 is 2.11 bits per heavy atom. The van der Waals surface area contributed by atoms with E-state index in [1.165, 1.54) is 0 Å². The molecule has 0 unspecified atom stereocenters. The molecule has 2 heterocycles. The summed E-state index contributed by atoms with van der Waals surface area (Å²) in [5.74, 6) is 5.22.